The number of rotatable bonds is 4. The number of piperidine rings is 1. The molecule has 2 aromatic rings. The van der Waals surface area contributed by atoms with Crippen molar-refractivity contribution < 1.29 is 14.4 Å². The molecule has 5 atom stereocenters. The van der Waals surface area contributed by atoms with E-state index in [4.69, 9.17) is 0 Å². The summed E-state index contributed by atoms with van der Waals surface area (Å²) in [6, 6.07) is 8.22. The number of nitrogens with zero attached hydrogens (tertiary/aromatic N) is 4. The molecule has 4 heterocycles. The third kappa shape index (κ3) is 4.06. The van der Waals surface area contributed by atoms with E-state index in [1.807, 2.05) is 35.4 Å². The summed E-state index contributed by atoms with van der Waals surface area (Å²) >= 11 is 0. The number of nitrogens with one attached hydrogen (secondary N) is 1. The molecular weight excluding hydrogens is 522 g/mol. The lowest BCUT2D eigenvalue weighted by molar-refractivity contribution is -0.121. The van der Waals surface area contributed by atoms with Gasteiger partial charge in [-0.3, -0.25) is 23.5 Å². The summed E-state index contributed by atoms with van der Waals surface area (Å²) in [6.07, 6.45) is 8.66. The maximum absolute atomic E-state index is 13.2. The lowest BCUT2D eigenvalue weighted by atomic mass is 9.80. The van der Waals surface area contributed by atoms with E-state index in [0.717, 1.165) is 47.8 Å². The quantitative estimate of drug-likeness (QED) is 0.352. The van der Waals surface area contributed by atoms with E-state index in [2.05, 4.69) is 10.3 Å². The molecule has 0 radical (unpaired) electrons. The summed E-state index contributed by atoms with van der Waals surface area (Å²) in [6.45, 7) is -0.171. The van der Waals surface area contributed by atoms with Gasteiger partial charge in [0, 0.05) is 26.7 Å². The van der Waals surface area contributed by atoms with Crippen molar-refractivity contribution in [1.29, 1.82) is 0 Å². The molecule has 3 aliphatic heterocycles. The van der Waals surface area contributed by atoms with Gasteiger partial charge in [0.2, 0.25) is 0 Å². The Hall–Kier alpha value is -4.08. The third-order valence-corrected chi connectivity index (χ3v) is 10.1. The average molecular weight is 556 g/mol. The Morgan fingerprint density at radius 2 is 1.80 bits per heavy atom. The van der Waals surface area contributed by atoms with E-state index in [0.29, 0.717) is 36.2 Å². The second-order valence-electron chi connectivity index (χ2n) is 12.3. The summed E-state index contributed by atoms with van der Waals surface area (Å²) in [5, 5.41) is 2.73. The SMILES string of the molecule is Cn1c2c(c(=O)n(C)c1=O)CCC(CCc1ccc(C=C3C(=O)CCC45CC4C4C5N4C(=O)NCC3=O)cc1)C=N2. The zero-order valence-corrected chi connectivity index (χ0v) is 23.3. The number of fused-ring (bicyclic) bond motifs is 3. The minimum atomic E-state index is -0.379. The van der Waals surface area contributed by atoms with Crippen molar-refractivity contribution in [2.75, 3.05) is 6.54 Å². The van der Waals surface area contributed by atoms with Gasteiger partial charge >= 0.3 is 11.7 Å². The minimum absolute atomic E-state index is 0.106. The van der Waals surface area contributed by atoms with Crippen LogP contribution in [0.25, 0.3) is 6.08 Å². The molecule has 5 aliphatic rings. The van der Waals surface area contributed by atoms with Gasteiger partial charge in [0.25, 0.3) is 5.56 Å². The topological polar surface area (TPSA) is 123 Å². The van der Waals surface area contributed by atoms with Crippen LogP contribution < -0.4 is 16.6 Å². The summed E-state index contributed by atoms with van der Waals surface area (Å²) in [5.74, 6) is 0.641. The molecule has 1 aromatic carbocycles. The predicted molar refractivity (Wildman–Crippen MR) is 152 cm³/mol. The number of Topliss-reactive ketones (excluding diaryl/α,β-unsaturated/α-hetero) is 2. The van der Waals surface area contributed by atoms with Gasteiger partial charge in [-0.15, -0.1) is 0 Å². The van der Waals surface area contributed by atoms with Gasteiger partial charge in [0.1, 0.15) is 5.82 Å². The van der Waals surface area contributed by atoms with Crippen molar-refractivity contribution in [2.24, 2.45) is 36.3 Å². The molecule has 7 rings (SSSR count). The Labute approximate surface area is 236 Å². The number of hydrogen-bond acceptors (Lipinski definition) is 6. The maximum Gasteiger partial charge on any atom is 0.332 e. The highest BCUT2D eigenvalue weighted by atomic mass is 16.2. The van der Waals surface area contributed by atoms with E-state index < -0.39 is 0 Å². The monoisotopic (exact) mass is 555 g/mol. The Balaban J connectivity index is 1.01. The highest BCUT2D eigenvalue weighted by molar-refractivity contribution is 6.24. The number of hydrogen-bond donors (Lipinski definition) is 1. The van der Waals surface area contributed by atoms with Gasteiger partial charge in [-0.1, -0.05) is 24.3 Å². The zero-order valence-electron chi connectivity index (χ0n) is 23.3. The highest BCUT2D eigenvalue weighted by Crippen LogP contribution is 2.80. The molecule has 2 amide bonds. The second kappa shape index (κ2) is 9.22. The van der Waals surface area contributed by atoms with Crippen LogP contribution >= 0.6 is 0 Å². The molecule has 10 heteroatoms. The van der Waals surface area contributed by atoms with Crippen LogP contribution in [0.2, 0.25) is 0 Å². The molecule has 1 aromatic heterocycles. The molecular formula is C31H33N5O5. The first-order chi connectivity index (χ1) is 19.7. The number of benzene rings is 1. The fourth-order valence-corrected chi connectivity index (χ4v) is 7.53. The average Bonchev–Trinajstić information content (AvgIpc) is 3.85. The molecule has 0 bridgehead atoms. The van der Waals surface area contributed by atoms with Crippen molar-refractivity contribution >= 4 is 35.7 Å². The van der Waals surface area contributed by atoms with Crippen LogP contribution in [-0.4, -0.2) is 56.5 Å². The number of ketones is 2. The first-order valence-corrected chi connectivity index (χ1v) is 14.5. The molecule has 2 saturated heterocycles. The normalized spacial score (nSPS) is 30.8. The molecule has 2 aliphatic carbocycles. The number of urea groups is 1. The Kier molecular flexibility index (Phi) is 5.82. The van der Waals surface area contributed by atoms with Gasteiger partial charge in [0.15, 0.2) is 11.6 Å². The molecule has 10 nitrogen and oxygen atoms in total. The highest BCUT2D eigenvalue weighted by Gasteiger charge is 2.86. The van der Waals surface area contributed by atoms with Crippen LogP contribution in [0.15, 0.2) is 44.4 Å². The Morgan fingerprint density at radius 1 is 1.02 bits per heavy atom. The number of amides is 2. The lowest BCUT2D eigenvalue weighted by Gasteiger charge is -2.21. The molecule has 41 heavy (non-hydrogen) atoms. The number of carbonyl (C=O) groups excluding carboxylic acids is 3. The van der Waals surface area contributed by atoms with Crippen LogP contribution in [0.4, 0.5) is 10.6 Å². The van der Waals surface area contributed by atoms with Gasteiger partial charge in [-0.05, 0) is 73.0 Å². The van der Waals surface area contributed by atoms with Crippen molar-refractivity contribution in [3.63, 3.8) is 0 Å². The van der Waals surface area contributed by atoms with Crippen LogP contribution in [-0.2, 0) is 36.5 Å². The predicted octanol–water partition coefficient (Wildman–Crippen LogP) is 2.08. The van der Waals surface area contributed by atoms with Crippen LogP contribution in [0.3, 0.4) is 0 Å². The van der Waals surface area contributed by atoms with Gasteiger partial charge in [0.05, 0.1) is 29.8 Å². The molecule has 1 N–H and O–H groups in total. The summed E-state index contributed by atoms with van der Waals surface area (Å²) in [5.41, 5.74) is 2.07. The molecule has 212 valence electrons. The zero-order chi connectivity index (χ0) is 28.6. The number of aryl methyl sites for hydroxylation is 1. The standard InChI is InChI=1S/C31H33N5O5/c1-34-27-20(28(39)35(2)30(34)41)10-9-19(15-32-27)8-5-17-3-6-18(7-4-17)13-21-23(37)11-12-31-14-22(31)25-26(31)36(25)29(40)33-16-24(21)38/h3-4,6-7,13,15,19,22,25-26H,5,8-12,14,16H2,1-2H3,(H,33,40). The Bertz CT molecular complexity index is 1680. The van der Waals surface area contributed by atoms with E-state index >= 15 is 0 Å². The molecule has 5 unspecified atom stereocenters. The van der Waals surface area contributed by atoms with Gasteiger partial charge < -0.3 is 10.2 Å². The third-order valence-electron chi connectivity index (χ3n) is 10.1. The van der Waals surface area contributed by atoms with Crippen LogP contribution in [0, 0.1) is 17.3 Å². The summed E-state index contributed by atoms with van der Waals surface area (Å²) in [7, 11) is 3.13. The van der Waals surface area contributed by atoms with Crippen molar-refractivity contribution in [3.05, 3.63) is 67.4 Å². The number of aromatic nitrogens is 2. The van der Waals surface area contributed by atoms with Crippen molar-refractivity contribution in [2.45, 2.75) is 57.0 Å². The van der Waals surface area contributed by atoms with E-state index in [1.54, 1.807) is 13.1 Å². The molecule has 2 saturated carbocycles. The van der Waals surface area contributed by atoms with Crippen molar-refractivity contribution in [3.8, 4) is 0 Å². The van der Waals surface area contributed by atoms with Gasteiger partial charge in [-0.2, -0.15) is 0 Å². The first kappa shape index (κ1) is 25.9. The fourth-order valence-electron chi connectivity index (χ4n) is 7.53. The van der Waals surface area contributed by atoms with Crippen LogP contribution in [0.1, 0.15) is 48.8 Å². The summed E-state index contributed by atoms with van der Waals surface area (Å²) in [4.78, 5) is 69.9. The largest absolute Gasteiger partial charge is 0.332 e. The number of aliphatic imine (C=N–C) groups is 1. The van der Waals surface area contributed by atoms with E-state index in [-0.39, 0.29) is 58.3 Å². The van der Waals surface area contributed by atoms with E-state index in [1.165, 1.54) is 11.6 Å². The van der Waals surface area contributed by atoms with Gasteiger partial charge in [-0.25, -0.2) is 14.6 Å². The number of carbonyl (C=O) groups is 3. The van der Waals surface area contributed by atoms with E-state index in [9.17, 15) is 24.0 Å². The van der Waals surface area contributed by atoms with Crippen LogP contribution in [0.5, 0.6) is 0 Å². The minimum Gasteiger partial charge on any atom is -0.331 e. The maximum atomic E-state index is 13.2. The molecule has 1 spiro atoms. The lowest BCUT2D eigenvalue weighted by Crippen LogP contribution is -2.38. The fraction of sp³-hybridized carbons (Fsp3) is 0.484. The summed E-state index contributed by atoms with van der Waals surface area (Å²) < 4.78 is 2.56. The smallest absolute Gasteiger partial charge is 0.331 e. The first-order valence-electron chi connectivity index (χ1n) is 14.5. The molecule has 4 fully saturated rings. The second-order valence-corrected chi connectivity index (χ2v) is 12.3. The Morgan fingerprint density at radius 3 is 2.59 bits per heavy atom. The van der Waals surface area contributed by atoms with Crippen molar-refractivity contribution in [1.82, 2.24) is 19.4 Å².